The quantitative estimate of drug-likeness (QED) is 0.831. The topological polar surface area (TPSA) is 54.0 Å². The molecule has 4 heteroatoms. The van der Waals surface area contributed by atoms with Gasteiger partial charge in [0, 0.05) is 18.1 Å². The van der Waals surface area contributed by atoms with Crippen LogP contribution in [0.25, 0.3) is 10.9 Å². The Kier molecular flexibility index (Phi) is 3.81. The Morgan fingerprint density at radius 3 is 2.68 bits per heavy atom. The van der Waals surface area contributed by atoms with Gasteiger partial charge in [0.15, 0.2) is 0 Å². The van der Waals surface area contributed by atoms with E-state index in [2.05, 4.69) is 36.6 Å². The van der Waals surface area contributed by atoms with Gasteiger partial charge in [0.2, 0.25) is 0 Å². The number of hydrazine groups is 1. The number of para-hydroxylation sites is 1. The van der Waals surface area contributed by atoms with Crippen LogP contribution in [0.4, 0.5) is 0 Å². The van der Waals surface area contributed by atoms with E-state index in [1.807, 2.05) is 24.3 Å². The molecule has 19 heavy (non-hydrogen) atoms. The predicted octanol–water partition coefficient (Wildman–Crippen LogP) is 2.52. The van der Waals surface area contributed by atoms with Crippen LogP contribution in [0.3, 0.4) is 0 Å². The van der Waals surface area contributed by atoms with Crippen molar-refractivity contribution in [2.24, 2.45) is 5.41 Å². The summed E-state index contributed by atoms with van der Waals surface area (Å²) in [5.41, 5.74) is 7.10. The molecule has 0 spiro atoms. The van der Waals surface area contributed by atoms with E-state index in [1.165, 1.54) is 0 Å². The third-order valence-corrected chi connectivity index (χ3v) is 2.70. The van der Waals surface area contributed by atoms with Crippen LogP contribution < -0.4 is 10.9 Å². The fourth-order valence-electron chi connectivity index (χ4n) is 1.74. The lowest BCUT2D eigenvalue weighted by molar-refractivity contribution is 0.0929. The number of carbonyl (C=O) groups is 1. The molecule has 0 radical (unpaired) electrons. The van der Waals surface area contributed by atoms with Gasteiger partial charge in [-0.25, -0.2) is 5.43 Å². The maximum atomic E-state index is 12.1. The average molecular weight is 257 g/mol. The SMILES string of the molecule is CC(C)(C)CNNC(=O)c1cccc2cccnc12. The van der Waals surface area contributed by atoms with Crippen molar-refractivity contribution < 1.29 is 4.79 Å². The van der Waals surface area contributed by atoms with Crippen LogP contribution in [-0.4, -0.2) is 17.4 Å². The van der Waals surface area contributed by atoms with Gasteiger partial charge < -0.3 is 0 Å². The third-order valence-electron chi connectivity index (χ3n) is 2.70. The molecule has 1 aromatic heterocycles. The van der Waals surface area contributed by atoms with Gasteiger partial charge in [-0.05, 0) is 17.5 Å². The standard InChI is InChI=1S/C15H19N3O/c1-15(2,3)10-17-18-14(19)12-8-4-6-11-7-5-9-16-13(11)12/h4-9,17H,10H2,1-3H3,(H,18,19). The number of fused-ring (bicyclic) bond motifs is 1. The molecular weight excluding hydrogens is 238 g/mol. The van der Waals surface area contributed by atoms with Crippen LogP contribution in [-0.2, 0) is 0 Å². The number of amides is 1. The fourth-order valence-corrected chi connectivity index (χ4v) is 1.74. The van der Waals surface area contributed by atoms with Gasteiger partial charge >= 0.3 is 0 Å². The van der Waals surface area contributed by atoms with Crippen LogP contribution in [0.2, 0.25) is 0 Å². The number of benzene rings is 1. The van der Waals surface area contributed by atoms with Gasteiger partial charge in [-0.15, -0.1) is 0 Å². The lowest BCUT2D eigenvalue weighted by Gasteiger charge is -2.19. The molecule has 1 heterocycles. The van der Waals surface area contributed by atoms with E-state index in [1.54, 1.807) is 12.3 Å². The third kappa shape index (κ3) is 3.51. The van der Waals surface area contributed by atoms with Gasteiger partial charge in [0.25, 0.3) is 5.91 Å². The minimum Gasteiger partial charge on any atom is -0.287 e. The summed E-state index contributed by atoms with van der Waals surface area (Å²) in [5, 5.41) is 0.964. The zero-order chi connectivity index (χ0) is 13.9. The summed E-state index contributed by atoms with van der Waals surface area (Å²) >= 11 is 0. The van der Waals surface area contributed by atoms with Gasteiger partial charge in [-0.1, -0.05) is 39.0 Å². The first-order chi connectivity index (χ1) is 8.97. The Hall–Kier alpha value is -1.94. The number of nitrogens with zero attached hydrogens (tertiary/aromatic N) is 1. The highest BCUT2D eigenvalue weighted by molar-refractivity contribution is 6.05. The summed E-state index contributed by atoms with van der Waals surface area (Å²) in [5.74, 6) is -0.159. The molecule has 1 amide bonds. The Morgan fingerprint density at radius 2 is 1.95 bits per heavy atom. The minimum absolute atomic E-state index is 0.115. The zero-order valence-electron chi connectivity index (χ0n) is 11.5. The highest BCUT2D eigenvalue weighted by Crippen LogP contribution is 2.15. The molecule has 0 aliphatic heterocycles. The second-order valence-corrected chi connectivity index (χ2v) is 5.75. The first-order valence-corrected chi connectivity index (χ1v) is 6.34. The summed E-state index contributed by atoms with van der Waals surface area (Å²) in [7, 11) is 0. The molecule has 0 atom stereocenters. The van der Waals surface area contributed by atoms with Gasteiger partial charge in [0.1, 0.15) is 0 Å². The number of hydrogen-bond acceptors (Lipinski definition) is 3. The normalized spacial score (nSPS) is 11.5. The molecule has 4 nitrogen and oxygen atoms in total. The molecule has 1 aromatic carbocycles. The summed E-state index contributed by atoms with van der Waals surface area (Å²) < 4.78 is 0. The monoisotopic (exact) mass is 257 g/mol. The molecule has 0 fully saturated rings. The Morgan fingerprint density at radius 1 is 1.21 bits per heavy atom. The van der Waals surface area contributed by atoms with Crippen molar-refractivity contribution in [1.82, 2.24) is 15.8 Å². The second-order valence-electron chi connectivity index (χ2n) is 5.75. The lowest BCUT2D eigenvalue weighted by Crippen LogP contribution is -2.42. The van der Waals surface area contributed by atoms with E-state index in [0.717, 1.165) is 10.9 Å². The number of carbonyl (C=O) groups excluding carboxylic acids is 1. The number of rotatable bonds is 3. The van der Waals surface area contributed by atoms with Crippen LogP contribution in [0.15, 0.2) is 36.5 Å². The largest absolute Gasteiger partial charge is 0.287 e. The molecule has 0 bridgehead atoms. The molecule has 2 N–H and O–H groups in total. The zero-order valence-corrected chi connectivity index (χ0v) is 11.5. The van der Waals surface area contributed by atoms with Gasteiger partial charge in [-0.3, -0.25) is 15.2 Å². The molecule has 2 rings (SSSR count). The van der Waals surface area contributed by atoms with Crippen molar-refractivity contribution in [2.45, 2.75) is 20.8 Å². The van der Waals surface area contributed by atoms with Crippen molar-refractivity contribution >= 4 is 16.8 Å². The number of hydrogen-bond donors (Lipinski definition) is 2. The van der Waals surface area contributed by atoms with E-state index in [-0.39, 0.29) is 11.3 Å². The Balaban J connectivity index is 2.14. The van der Waals surface area contributed by atoms with Gasteiger partial charge in [0.05, 0.1) is 11.1 Å². The molecule has 0 saturated heterocycles. The van der Waals surface area contributed by atoms with E-state index in [0.29, 0.717) is 12.1 Å². The molecule has 0 saturated carbocycles. The van der Waals surface area contributed by atoms with Crippen molar-refractivity contribution in [1.29, 1.82) is 0 Å². The highest BCUT2D eigenvalue weighted by atomic mass is 16.2. The van der Waals surface area contributed by atoms with E-state index >= 15 is 0 Å². The lowest BCUT2D eigenvalue weighted by atomic mass is 9.97. The smallest absolute Gasteiger partial charge is 0.267 e. The van der Waals surface area contributed by atoms with Crippen molar-refractivity contribution in [3.05, 3.63) is 42.1 Å². The minimum atomic E-state index is -0.159. The summed E-state index contributed by atoms with van der Waals surface area (Å²) in [6, 6.07) is 9.40. The van der Waals surface area contributed by atoms with E-state index in [4.69, 9.17) is 0 Å². The number of pyridine rings is 1. The second kappa shape index (κ2) is 5.36. The average Bonchev–Trinajstić information content (AvgIpc) is 2.36. The van der Waals surface area contributed by atoms with Crippen molar-refractivity contribution in [3.8, 4) is 0 Å². The van der Waals surface area contributed by atoms with Crippen molar-refractivity contribution in [2.75, 3.05) is 6.54 Å². The number of aromatic nitrogens is 1. The van der Waals surface area contributed by atoms with Crippen molar-refractivity contribution in [3.63, 3.8) is 0 Å². The maximum Gasteiger partial charge on any atom is 0.267 e. The van der Waals surface area contributed by atoms with E-state index < -0.39 is 0 Å². The highest BCUT2D eigenvalue weighted by Gasteiger charge is 2.13. The fraction of sp³-hybridized carbons (Fsp3) is 0.333. The maximum absolute atomic E-state index is 12.1. The predicted molar refractivity (Wildman–Crippen MR) is 76.7 cm³/mol. The molecular formula is C15H19N3O. The summed E-state index contributed by atoms with van der Waals surface area (Å²) in [4.78, 5) is 16.4. The summed E-state index contributed by atoms with van der Waals surface area (Å²) in [6.07, 6.45) is 1.70. The summed E-state index contributed by atoms with van der Waals surface area (Å²) in [6.45, 7) is 7.01. The number of nitrogens with one attached hydrogen (secondary N) is 2. The van der Waals surface area contributed by atoms with Crippen LogP contribution >= 0.6 is 0 Å². The van der Waals surface area contributed by atoms with Crippen LogP contribution in [0.1, 0.15) is 31.1 Å². The van der Waals surface area contributed by atoms with Crippen LogP contribution in [0.5, 0.6) is 0 Å². The molecule has 0 aliphatic carbocycles. The van der Waals surface area contributed by atoms with Gasteiger partial charge in [-0.2, -0.15) is 0 Å². The molecule has 0 aliphatic rings. The molecule has 2 aromatic rings. The Bertz CT molecular complexity index is 582. The van der Waals surface area contributed by atoms with E-state index in [9.17, 15) is 4.79 Å². The van der Waals surface area contributed by atoms with Crippen LogP contribution in [0, 0.1) is 5.41 Å². The first-order valence-electron chi connectivity index (χ1n) is 6.34. The molecule has 100 valence electrons. The Labute approximate surface area is 113 Å². The molecule has 0 unspecified atom stereocenters. The first kappa shape index (κ1) is 13.5.